The number of amides is 1. The van der Waals surface area contributed by atoms with Crippen LogP contribution >= 0.6 is 24.0 Å². The second-order valence-corrected chi connectivity index (χ2v) is 6.66. The van der Waals surface area contributed by atoms with Crippen molar-refractivity contribution in [2.75, 3.05) is 32.8 Å². The molecule has 1 amide bonds. The van der Waals surface area contributed by atoms with Crippen LogP contribution < -0.4 is 11.1 Å². The number of piperidine rings is 1. The summed E-state index contributed by atoms with van der Waals surface area (Å²) in [6.45, 7) is 9.62. The Morgan fingerprint density at radius 2 is 2.04 bits per heavy atom. The van der Waals surface area contributed by atoms with Gasteiger partial charge in [0, 0.05) is 31.5 Å². The van der Waals surface area contributed by atoms with Gasteiger partial charge in [-0.3, -0.25) is 9.79 Å². The lowest BCUT2D eigenvalue weighted by Gasteiger charge is -2.35. The number of carbonyl (C=O) groups excluding carboxylic acids is 1. The standard InChI is InChI=1S/C17H34N4O2.HI/c1-4-17(5-2,13-22)12-20-16(19-6-3)21-9-7-8-14(11-21)10-15(18)23;/h14,22H,4-13H2,1-3H3,(H2,18,23)(H,19,20);1H. The van der Waals surface area contributed by atoms with Gasteiger partial charge in [0.1, 0.15) is 0 Å². The average molecular weight is 454 g/mol. The zero-order chi connectivity index (χ0) is 17.3. The molecule has 0 aliphatic carbocycles. The molecule has 1 aliphatic heterocycles. The van der Waals surface area contributed by atoms with Crippen LogP contribution in [-0.2, 0) is 4.79 Å². The molecule has 1 heterocycles. The number of hydrogen-bond donors (Lipinski definition) is 3. The van der Waals surface area contributed by atoms with Crippen LogP contribution in [0.1, 0.15) is 52.9 Å². The van der Waals surface area contributed by atoms with E-state index in [2.05, 4.69) is 31.0 Å². The molecule has 4 N–H and O–H groups in total. The summed E-state index contributed by atoms with van der Waals surface area (Å²) in [5, 5.41) is 13.1. The van der Waals surface area contributed by atoms with Gasteiger partial charge in [0.05, 0.1) is 13.2 Å². The number of hydrogen-bond acceptors (Lipinski definition) is 3. The number of rotatable bonds is 8. The lowest BCUT2D eigenvalue weighted by Crippen LogP contribution is -2.47. The van der Waals surface area contributed by atoms with Gasteiger partial charge in [-0.25, -0.2) is 0 Å². The third-order valence-corrected chi connectivity index (χ3v) is 5.04. The van der Waals surface area contributed by atoms with Crippen LogP contribution in [0.5, 0.6) is 0 Å². The van der Waals surface area contributed by atoms with Crippen molar-refractivity contribution < 1.29 is 9.90 Å². The molecule has 0 saturated carbocycles. The van der Waals surface area contributed by atoms with Gasteiger partial charge in [0.2, 0.25) is 5.91 Å². The van der Waals surface area contributed by atoms with E-state index in [-0.39, 0.29) is 41.9 Å². The van der Waals surface area contributed by atoms with Crippen molar-refractivity contribution in [3.8, 4) is 0 Å². The second kappa shape index (κ2) is 11.9. The van der Waals surface area contributed by atoms with Crippen molar-refractivity contribution >= 4 is 35.8 Å². The highest BCUT2D eigenvalue weighted by atomic mass is 127. The number of likely N-dealkylation sites (tertiary alicyclic amines) is 1. The first kappa shape index (κ1) is 23.4. The number of nitrogens with one attached hydrogen (secondary N) is 1. The van der Waals surface area contributed by atoms with Gasteiger partial charge >= 0.3 is 0 Å². The van der Waals surface area contributed by atoms with Crippen molar-refractivity contribution in [3.63, 3.8) is 0 Å². The molecule has 0 radical (unpaired) electrons. The van der Waals surface area contributed by atoms with Crippen molar-refractivity contribution in [2.24, 2.45) is 22.1 Å². The van der Waals surface area contributed by atoms with Gasteiger partial charge in [-0.15, -0.1) is 24.0 Å². The molecule has 1 fully saturated rings. The van der Waals surface area contributed by atoms with Gasteiger partial charge in [-0.1, -0.05) is 13.8 Å². The summed E-state index contributed by atoms with van der Waals surface area (Å²) in [6, 6.07) is 0. The quantitative estimate of drug-likeness (QED) is 0.297. The molecule has 7 heteroatoms. The van der Waals surface area contributed by atoms with Crippen LogP contribution in [-0.4, -0.2) is 54.7 Å². The maximum absolute atomic E-state index is 11.2. The fraction of sp³-hybridized carbons (Fsp3) is 0.882. The Hall–Kier alpha value is -0.570. The fourth-order valence-electron chi connectivity index (χ4n) is 3.12. The molecule has 0 aromatic heterocycles. The minimum atomic E-state index is -0.227. The molecule has 6 nitrogen and oxygen atoms in total. The summed E-state index contributed by atoms with van der Waals surface area (Å²) in [4.78, 5) is 18.2. The molecule has 0 bridgehead atoms. The Labute approximate surface area is 163 Å². The third-order valence-electron chi connectivity index (χ3n) is 5.04. The van der Waals surface area contributed by atoms with E-state index in [4.69, 9.17) is 10.7 Å². The van der Waals surface area contributed by atoms with Gasteiger partial charge in [0.25, 0.3) is 0 Å². The number of primary amides is 1. The van der Waals surface area contributed by atoms with Crippen LogP contribution in [0.25, 0.3) is 0 Å². The number of halogens is 1. The lowest BCUT2D eigenvalue weighted by molar-refractivity contribution is -0.119. The van der Waals surface area contributed by atoms with E-state index >= 15 is 0 Å². The molecule has 1 atom stereocenters. The largest absolute Gasteiger partial charge is 0.396 e. The highest BCUT2D eigenvalue weighted by molar-refractivity contribution is 14.0. The molecule has 142 valence electrons. The summed E-state index contributed by atoms with van der Waals surface area (Å²) >= 11 is 0. The predicted octanol–water partition coefficient (Wildman–Crippen LogP) is 1.96. The Kier molecular flexibility index (Phi) is 11.6. The molecule has 0 aromatic rings. The van der Waals surface area contributed by atoms with E-state index in [9.17, 15) is 9.90 Å². The van der Waals surface area contributed by atoms with Crippen molar-refractivity contribution in [1.82, 2.24) is 10.2 Å². The third kappa shape index (κ3) is 7.13. The molecular formula is C17H35IN4O2. The van der Waals surface area contributed by atoms with E-state index in [1.807, 2.05) is 0 Å². The second-order valence-electron chi connectivity index (χ2n) is 6.66. The molecule has 1 unspecified atom stereocenters. The molecule has 24 heavy (non-hydrogen) atoms. The normalized spacial score (nSPS) is 18.9. The number of aliphatic hydroxyl groups excluding tert-OH is 1. The van der Waals surface area contributed by atoms with Crippen LogP contribution in [0.4, 0.5) is 0 Å². The SMILES string of the molecule is CCNC(=NCC(CC)(CC)CO)N1CCCC(CC(N)=O)C1.I. The van der Waals surface area contributed by atoms with Crippen molar-refractivity contribution in [3.05, 3.63) is 0 Å². The fourth-order valence-corrected chi connectivity index (χ4v) is 3.12. The molecule has 0 aromatic carbocycles. The zero-order valence-electron chi connectivity index (χ0n) is 15.4. The van der Waals surface area contributed by atoms with Crippen LogP contribution in [0.2, 0.25) is 0 Å². The molecule has 1 aliphatic rings. The lowest BCUT2D eigenvalue weighted by atomic mass is 9.83. The van der Waals surface area contributed by atoms with Crippen LogP contribution in [0, 0.1) is 11.3 Å². The topological polar surface area (TPSA) is 91.0 Å². The van der Waals surface area contributed by atoms with Crippen molar-refractivity contribution in [1.29, 1.82) is 0 Å². The minimum absolute atomic E-state index is 0. The van der Waals surface area contributed by atoms with Crippen LogP contribution in [0.15, 0.2) is 4.99 Å². The van der Waals surface area contributed by atoms with E-state index in [1.165, 1.54) is 0 Å². The molecule has 1 rings (SSSR count). The van der Waals surface area contributed by atoms with E-state index in [0.717, 1.165) is 51.3 Å². The smallest absolute Gasteiger partial charge is 0.217 e. The first-order valence-electron chi connectivity index (χ1n) is 8.92. The Morgan fingerprint density at radius 1 is 1.38 bits per heavy atom. The molecule has 1 saturated heterocycles. The Bertz CT molecular complexity index is 392. The number of nitrogens with zero attached hydrogens (tertiary/aromatic N) is 2. The molecular weight excluding hydrogens is 419 g/mol. The average Bonchev–Trinajstić information content (AvgIpc) is 2.55. The molecule has 0 spiro atoms. The summed E-state index contributed by atoms with van der Waals surface area (Å²) in [6.07, 6.45) is 4.36. The highest BCUT2D eigenvalue weighted by Gasteiger charge is 2.27. The van der Waals surface area contributed by atoms with Gasteiger partial charge < -0.3 is 21.1 Å². The van der Waals surface area contributed by atoms with E-state index in [1.54, 1.807) is 0 Å². The number of guanidine groups is 1. The summed E-state index contributed by atoms with van der Waals surface area (Å²) in [5.74, 6) is 0.974. The Morgan fingerprint density at radius 3 is 2.54 bits per heavy atom. The Balaban J connectivity index is 0.00000529. The maximum atomic E-state index is 11.2. The number of nitrogens with two attached hydrogens (primary N) is 1. The van der Waals surface area contributed by atoms with E-state index < -0.39 is 0 Å². The summed E-state index contributed by atoms with van der Waals surface area (Å²) in [5.41, 5.74) is 5.21. The van der Waals surface area contributed by atoms with Crippen LogP contribution in [0.3, 0.4) is 0 Å². The van der Waals surface area contributed by atoms with E-state index in [0.29, 0.717) is 18.9 Å². The van der Waals surface area contributed by atoms with Crippen molar-refractivity contribution in [2.45, 2.75) is 52.9 Å². The first-order valence-corrected chi connectivity index (χ1v) is 8.92. The number of aliphatic hydroxyl groups is 1. The van der Waals surface area contributed by atoms with Gasteiger partial charge in [-0.2, -0.15) is 0 Å². The number of carbonyl (C=O) groups is 1. The highest BCUT2D eigenvalue weighted by Crippen LogP contribution is 2.26. The monoisotopic (exact) mass is 454 g/mol. The number of aliphatic imine (C=N–C) groups is 1. The first-order chi connectivity index (χ1) is 11.0. The maximum Gasteiger partial charge on any atom is 0.217 e. The van der Waals surface area contributed by atoms with Gasteiger partial charge in [-0.05, 0) is 38.5 Å². The zero-order valence-corrected chi connectivity index (χ0v) is 17.7. The predicted molar refractivity (Wildman–Crippen MR) is 110 cm³/mol. The summed E-state index contributed by atoms with van der Waals surface area (Å²) in [7, 11) is 0. The minimum Gasteiger partial charge on any atom is -0.396 e. The summed E-state index contributed by atoms with van der Waals surface area (Å²) < 4.78 is 0. The van der Waals surface area contributed by atoms with Gasteiger partial charge in [0.15, 0.2) is 5.96 Å².